The molecule has 2 aromatic rings. The SMILES string of the molecule is CCN(CC)CCn1cc(NC(=O)c2cccc(C)c2)cn1. The second kappa shape index (κ2) is 7.75. The van der Waals surface area contributed by atoms with E-state index in [0.29, 0.717) is 5.56 Å². The summed E-state index contributed by atoms with van der Waals surface area (Å²) in [7, 11) is 0. The van der Waals surface area contributed by atoms with Crippen molar-refractivity contribution in [1.29, 1.82) is 0 Å². The minimum absolute atomic E-state index is 0.105. The first-order valence-corrected chi connectivity index (χ1v) is 7.75. The summed E-state index contributed by atoms with van der Waals surface area (Å²) in [6.45, 7) is 10.1. The van der Waals surface area contributed by atoms with E-state index < -0.39 is 0 Å². The number of anilines is 1. The highest BCUT2D eigenvalue weighted by Gasteiger charge is 2.08. The standard InChI is InChI=1S/C17H24N4O/c1-4-20(5-2)9-10-21-13-16(12-18-21)19-17(22)15-8-6-7-14(3)11-15/h6-8,11-13H,4-5,9-10H2,1-3H3,(H,19,22). The van der Waals surface area contributed by atoms with Crippen molar-refractivity contribution in [3.63, 3.8) is 0 Å². The second-order valence-corrected chi connectivity index (χ2v) is 5.34. The molecule has 0 aliphatic rings. The molecule has 5 nitrogen and oxygen atoms in total. The maximum Gasteiger partial charge on any atom is 0.255 e. The Balaban J connectivity index is 1.93. The fraction of sp³-hybridized carbons (Fsp3) is 0.412. The molecule has 0 unspecified atom stereocenters. The van der Waals surface area contributed by atoms with Crippen molar-refractivity contribution >= 4 is 11.6 Å². The van der Waals surface area contributed by atoms with Gasteiger partial charge in [-0.3, -0.25) is 9.48 Å². The van der Waals surface area contributed by atoms with Gasteiger partial charge in [0.05, 0.1) is 18.4 Å². The molecule has 0 radical (unpaired) electrons. The summed E-state index contributed by atoms with van der Waals surface area (Å²) in [5, 5.41) is 7.18. The number of rotatable bonds is 7. The Bertz CT molecular complexity index is 617. The molecule has 1 aromatic carbocycles. The molecule has 0 fully saturated rings. The van der Waals surface area contributed by atoms with E-state index in [1.165, 1.54) is 0 Å². The molecule has 0 saturated carbocycles. The van der Waals surface area contributed by atoms with Crippen LogP contribution in [0.2, 0.25) is 0 Å². The number of aromatic nitrogens is 2. The maximum atomic E-state index is 12.2. The Labute approximate surface area is 131 Å². The molecular formula is C17H24N4O. The van der Waals surface area contributed by atoms with Gasteiger partial charge in [0.25, 0.3) is 5.91 Å². The fourth-order valence-corrected chi connectivity index (χ4v) is 2.32. The van der Waals surface area contributed by atoms with Crippen molar-refractivity contribution in [2.75, 3.05) is 25.0 Å². The summed E-state index contributed by atoms with van der Waals surface area (Å²) >= 11 is 0. The molecule has 1 N–H and O–H groups in total. The van der Waals surface area contributed by atoms with Crippen molar-refractivity contribution in [2.24, 2.45) is 0 Å². The van der Waals surface area contributed by atoms with Crippen LogP contribution in [0, 0.1) is 6.92 Å². The number of amides is 1. The Hall–Kier alpha value is -2.14. The van der Waals surface area contributed by atoms with E-state index >= 15 is 0 Å². The minimum atomic E-state index is -0.105. The summed E-state index contributed by atoms with van der Waals surface area (Å²) in [6, 6.07) is 7.55. The van der Waals surface area contributed by atoms with Crippen LogP contribution in [-0.4, -0.2) is 40.2 Å². The third kappa shape index (κ3) is 4.43. The first-order valence-electron chi connectivity index (χ1n) is 7.75. The van der Waals surface area contributed by atoms with Gasteiger partial charge in [-0.2, -0.15) is 5.10 Å². The van der Waals surface area contributed by atoms with E-state index in [1.54, 1.807) is 6.20 Å². The van der Waals surface area contributed by atoms with E-state index in [2.05, 4.69) is 29.2 Å². The highest BCUT2D eigenvalue weighted by molar-refractivity contribution is 6.04. The molecule has 2 rings (SSSR count). The van der Waals surface area contributed by atoms with E-state index in [1.807, 2.05) is 42.1 Å². The van der Waals surface area contributed by atoms with E-state index in [0.717, 1.165) is 37.4 Å². The average Bonchev–Trinajstić information content (AvgIpc) is 2.96. The van der Waals surface area contributed by atoms with Gasteiger partial charge in [0, 0.05) is 18.3 Å². The molecular weight excluding hydrogens is 276 g/mol. The maximum absolute atomic E-state index is 12.2. The quantitative estimate of drug-likeness (QED) is 0.855. The summed E-state index contributed by atoms with van der Waals surface area (Å²) < 4.78 is 1.87. The first-order chi connectivity index (χ1) is 10.6. The Morgan fingerprint density at radius 3 is 2.77 bits per heavy atom. The smallest absolute Gasteiger partial charge is 0.255 e. The van der Waals surface area contributed by atoms with Crippen LogP contribution in [0.15, 0.2) is 36.7 Å². The Morgan fingerprint density at radius 2 is 2.09 bits per heavy atom. The predicted octanol–water partition coefficient (Wildman–Crippen LogP) is 2.79. The minimum Gasteiger partial charge on any atom is -0.319 e. The Morgan fingerprint density at radius 1 is 1.32 bits per heavy atom. The van der Waals surface area contributed by atoms with Crippen LogP contribution in [0.4, 0.5) is 5.69 Å². The van der Waals surface area contributed by atoms with Crippen LogP contribution in [0.5, 0.6) is 0 Å². The number of nitrogens with zero attached hydrogens (tertiary/aromatic N) is 3. The van der Waals surface area contributed by atoms with Crippen molar-refractivity contribution in [2.45, 2.75) is 27.3 Å². The van der Waals surface area contributed by atoms with Gasteiger partial charge in [-0.25, -0.2) is 0 Å². The fourth-order valence-electron chi connectivity index (χ4n) is 2.32. The molecule has 0 aliphatic carbocycles. The van der Waals surface area contributed by atoms with Crippen LogP contribution in [0.25, 0.3) is 0 Å². The molecule has 5 heteroatoms. The molecule has 1 aromatic heterocycles. The third-order valence-corrected chi connectivity index (χ3v) is 3.71. The molecule has 0 bridgehead atoms. The highest BCUT2D eigenvalue weighted by atomic mass is 16.1. The number of benzene rings is 1. The highest BCUT2D eigenvalue weighted by Crippen LogP contribution is 2.10. The first kappa shape index (κ1) is 16.2. The number of aryl methyl sites for hydroxylation is 1. The van der Waals surface area contributed by atoms with Gasteiger partial charge in [0.1, 0.15) is 0 Å². The molecule has 118 valence electrons. The molecule has 22 heavy (non-hydrogen) atoms. The number of hydrogen-bond donors (Lipinski definition) is 1. The molecule has 1 amide bonds. The number of hydrogen-bond acceptors (Lipinski definition) is 3. The lowest BCUT2D eigenvalue weighted by molar-refractivity contribution is 0.102. The molecule has 0 spiro atoms. The lowest BCUT2D eigenvalue weighted by Crippen LogP contribution is -2.27. The van der Waals surface area contributed by atoms with Gasteiger partial charge in [-0.15, -0.1) is 0 Å². The third-order valence-electron chi connectivity index (χ3n) is 3.71. The summed E-state index contributed by atoms with van der Waals surface area (Å²) in [6.07, 6.45) is 3.56. The predicted molar refractivity (Wildman–Crippen MR) is 89.1 cm³/mol. The number of carbonyl (C=O) groups is 1. The van der Waals surface area contributed by atoms with Gasteiger partial charge < -0.3 is 10.2 Å². The second-order valence-electron chi connectivity index (χ2n) is 5.34. The van der Waals surface area contributed by atoms with Gasteiger partial charge in [0.15, 0.2) is 0 Å². The average molecular weight is 300 g/mol. The summed E-state index contributed by atoms with van der Waals surface area (Å²) in [4.78, 5) is 14.5. The molecule has 0 saturated heterocycles. The zero-order valence-electron chi connectivity index (χ0n) is 13.5. The van der Waals surface area contributed by atoms with Crippen LogP contribution < -0.4 is 5.32 Å². The monoisotopic (exact) mass is 300 g/mol. The lowest BCUT2D eigenvalue weighted by atomic mass is 10.1. The van der Waals surface area contributed by atoms with Crippen molar-refractivity contribution in [1.82, 2.24) is 14.7 Å². The van der Waals surface area contributed by atoms with Gasteiger partial charge in [-0.1, -0.05) is 31.5 Å². The van der Waals surface area contributed by atoms with Crippen LogP contribution in [-0.2, 0) is 6.54 Å². The summed E-state index contributed by atoms with van der Waals surface area (Å²) in [5.41, 5.74) is 2.46. The molecule has 1 heterocycles. The number of carbonyl (C=O) groups excluding carboxylic acids is 1. The van der Waals surface area contributed by atoms with Gasteiger partial charge >= 0.3 is 0 Å². The van der Waals surface area contributed by atoms with Crippen molar-refractivity contribution in [3.05, 3.63) is 47.8 Å². The Kier molecular flexibility index (Phi) is 5.72. The van der Waals surface area contributed by atoms with Crippen LogP contribution in [0.3, 0.4) is 0 Å². The molecule has 0 atom stereocenters. The van der Waals surface area contributed by atoms with E-state index in [4.69, 9.17) is 0 Å². The largest absolute Gasteiger partial charge is 0.319 e. The number of likely N-dealkylation sites (N-methyl/N-ethyl adjacent to an activating group) is 1. The van der Waals surface area contributed by atoms with Crippen molar-refractivity contribution < 1.29 is 4.79 Å². The van der Waals surface area contributed by atoms with Crippen LogP contribution >= 0.6 is 0 Å². The van der Waals surface area contributed by atoms with Gasteiger partial charge in [0.2, 0.25) is 0 Å². The normalized spacial score (nSPS) is 10.9. The van der Waals surface area contributed by atoms with Gasteiger partial charge in [-0.05, 0) is 32.1 Å². The molecule has 0 aliphatic heterocycles. The van der Waals surface area contributed by atoms with E-state index in [9.17, 15) is 4.79 Å². The van der Waals surface area contributed by atoms with E-state index in [-0.39, 0.29) is 5.91 Å². The zero-order valence-corrected chi connectivity index (χ0v) is 13.5. The topological polar surface area (TPSA) is 50.2 Å². The van der Waals surface area contributed by atoms with Crippen molar-refractivity contribution in [3.8, 4) is 0 Å². The number of nitrogens with one attached hydrogen (secondary N) is 1. The van der Waals surface area contributed by atoms with Crippen LogP contribution in [0.1, 0.15) is 29.8 Å². The zero-order chi connectivity index (χ0) is 15.9. The lowest BCUT2D eigenvalue weighted by Gasteiger charge is -2.17. The summed E-state index contributed by atoms with van der Waals surface area (Å²) in [5.74, 6) is -0.105.